The van der Waals surface area contributed by atoms with Crippen LogP contribution in [0.25, 0.3) is 21.2 Å². The molecule has 0 aromatic heterocycles. The predicted octanol–water partition coefficient (Wildman–Crippen LogP) is 7.12. The van der Waals surface area contributed by atoms with E-state index >= 15 is 0 Å². The van der Waals surface area contributed by atoms with E-state index in [1.54, 1.807) is 4.31 Å². The fourth-order valence-corrected chi connectivity index (χ4v) is 8.78. The summed E-state index contributed by atoms with van der Waals surface area (Å²) in [5.41, 5.74) is 11.3. The van der Waals surface area contributed by atoms with Crippen LogP contribution in [0.5, 0.6) is 0 Å². The zero-order chi connectivity index (χ0) is 23.3. The number of aryl methyl sites for hydroxylation is 1. The highest BCUT2D eigenvalue weighted by Crippen LogP contribution is 2.60. The Morgan fingerprint density at radius 2 is 1.73 bits per heavy atom. The van der Waals surface area contributed by atoms with Crippen LogP contribution >= 0.6 is 0 Å². The summed E-state index contributed by atoms with van der Waals surface area (Å²) in [5, 5.41) is 5.63. The van der Waals surface area contributed by atoms with E-state index in [4.69, 9.17) is 5.53 Å². The van der Waals surface area contributed by atoms with E-state index in [9.17, 15) is 8.42 Å². The third kappa shape index (κ3) is 3.79. The highest BCUT2D eigenvalue weighted by atomic mass is 32.2. The van der Waals surface area contributed by atoms with Crippen molar-refractivity contribution in [3.8, 4) is 0 Å². The quantitative estimate of drug-likeness (QED) is 0.179. The predicted molar refractivity (Wildman–Crippen MR) is 133 cm³/mol. The molecule has 0 spiro atoms. The van der Waals surface area contributed by atoms with Gasteiger partial charge < -0.3 is 0 Å². The molecule has 2 bridgehead atoms. The van der Waals surface area contributed by atoms with Crippen LogP contribution < -0.4 is 4.31 Å². The van der Waals surface area contributed by atoms with Crippen molar-refractivity contribution in [1.82, 2.24) is 0 Å². The number of benzene rings is 2. The first-order valence-electron chi connectivity index (χ1n) is 12.4. The van der Waals surface area contributed by atoms with Crippen LogP contribution in [0.1, 0.15) is 77.2 Å². The van der Waals surface area contributed by atoms with E-state index in [-0.39, 0.29) is 6.04 Å². The van der Waals surface area contributed by atoms with Crippen LogP contribution in [0.3, 0.4) is 0 Å². The molecule has 3 aliphatic carbocycles. The first-order chi connectivity index (χ1) is 15.8. The van der Waals surface area contributed by atoms with Crippen molar-refractivity contribution < 1.29 is 8.42 Å². The Hall–Kier alpha value is -2.24. The van der Waals surface area contributed by atoms with Gasteiger partial charge in [0.15, 0.2) is 0 Å². The lowest BCUT2D eigenvalue weighted by Gasteiger charge is -2.54. The Labute approximate surface area is 197 Å². The lowest BCUT2D eigenvalue weighted by molar-refractivity contribution is -0.0198. The summed E-state index contributed by atoms with van der Waals surface area (Å²) in [6, 6.07) is 10.0. The monoisotopic (exact) mass is 466 g/mol. The van der Waals surface area contributed by atoms with Gasteiger partial charge in [-0.1, -0.05) is 23.3 Å². The minimum Gasteiger partial charge on any atom is -0.263 e. The fourth-order valence-electron chi connectivity index (χ4n) is 6.82. The third-order valence-corrected chi connectivity index (χ3v) is 10.8. The third-order valence-electron chi connectivity index (χ3n) is 8.75. The van der Waals surface area contributed by atoms with Crippen molar-refractivity contribution in [2.24, 2.45) is 15.9 Å². The molecule has 0 N–H and O–H groups in total. The van der Waals surface area contributed by atoms with Crippen LogP contribution in [-0.2, 0) is 16.4 Å². The topological polar surface area (TPSA) is 86.1 Å². The smallest absolute Gasteiger partial charge is 0.263 e. The van der Waals surface area contributed by atoms with Crippen LogP contribution in [0.2, 0.25) is 0 Å². The van der Waals surface area contributed by atoms with E-state index in [1.807, 2.05) is 32.0 Å². The average molecular weight is 467 g/mol. The standard InChI is InChI=1S/C26H34N4O2S/c1-19(2)30-22-6-3-5-21-17-20(18-23(24(21)22)33(30,31)32)7-9-26-13-10-25(11-14-26,12-15-26)8-4-16-28-29-27/h3,5-6,17-19H,4,7-16H2,1-2H3. The van der Waals surface area contributed by atoms with Crippen LogP contribution in [-0.4, -0.2) is 21.0 Å². The molecular formula is C26H34N4O2S. The Bertz CT molecular complexity index is 1210. The molecule has 0 radical (unpaired) electrons. The van der Waals surface area contributed by atoms with Crippen LogP contribution in [0.4, 0.5) is 5.69 Å². The normalized spacial score (nSPS) is 27.3. The summed E-state index contributed by atoms with van der Waals surface area (Å²) in [7, 11) is -3.49. The van der Waals surface area contributed by atoms with E-state index in [1.165, 1.54) is 44.9 Å². The number of azide groups is 1. The lowest BCUT2D eigenvalue weighted by Crippen LogP contribution is -2.41. The summed E-state index contributed by atoms with van der Waals surface area (Å²) in [6.07, 6.45) is 11.9. The minimum absolute atomic E-state index is 0.105. The molecule has 6 nitrogen and oxygen atoms in total. The Morgan fingerprint density at radius 3 is 2.36 bits per heavy atom. The maximum atomic E-state index is 13.4. The number of hydrogen-bond acceptors (Lipinski definition) is 3. The summed E-state index contributed by atoms with van der Waals surface area (Å²) in [6.45, 7) is 4.49. The van der Waals surface area contributed by atoms with Gasteiger partial charge in [-0.05, 0) is 117 Å². The van der Waals surface area contributed by atoms with Gasteiger partial charge in [0.1, 0.15) is 0 Å². The van der Waals surface area contributed by atoms with Crippen molar-refractivity contribution in [2.45, 2.75) is 89.0 Å². The summed E-state index contributed by atoms with van der Waals surface area (Å²) in [4.78, 5) is 3.37. The molecule has 2 aromatic carbocycles. The molecule has 4 aliphatic rings. The molecule has 33 heavy (non-hydrogen) atoms. The maximum Gasteiger partial charge on any atom is 0.265 e. The van der Waals surface area contributed by atoms with Crippen molar-refractivity contribution >= 4 is 26.5 Å². The highest BCUT2D eigenvalue weighted by Gasteiger charge is 2.47. The number of sulfonamides is 1. The molecule has 3 saturated carbocycles. The van der Waals surface area contributed by atoms with Crippen molar-refractivity contribution in [3.63, 3.8) is 0 Å². The second-order valence-corrected chi connectivity index (χ2v) is 12.7. The molecular weight excluding hydrogens is 432 g/mol. The maximum absolute atomic E-state index is 13.4. The Morgan fingerprint density at radius 1 is 1.06 bits per heavy atom. The van der Waals surface area contributed by atoms with Gasteiger partial charge in [0.25, 0.3) is 10.0 Å². The summed E-state index contributed by atoms with van der Waals surface area (Å²) < 4.78 is 28.3. The summed E-state index contributed by atoms with van der Waals surface area (Å²) >= 11 is 0. The fraction of sp³-hybridized carbons (Fsp3) is 0.615. The first kappa shape index (κ1) is 22.5. The molecule has 0 amide bonds. The summed E-state index contributed by atoms with van der Waals surface area (Å²) in [5.74, 6) is 0. The molecule has 6 rings (SSSR count). The van der Waals surface area contributed by atoms with Gasteiger partial charge in [0, 0.05) is 22.9 Å². The van der Waals surface area contributed by atoms with E-state index in [0.717, 1.165) is 41.3 Å². The average Bonchev–Trinajstić information content (AvgIpc) is 3.04. The second-order valence-electron chi connectivity index (χ2n) is 10.9. The van der Waals surface area contributed by atoms with E-state index in [2.05, 4.69) is 22.2 Å². The number of fused-ring (bicyclic) bond motifs is 3. The van der Waals surface area contributed by atoms with Gasteiger partial charge in [0.05, 0.1) is 10.6 Å². The Kier molecular flexibility index (Phi) is 5.61. The van der Waals surface area contributed by atoms with Gasteiger partial charge in [-0.3, -0.25) is 4.31 Å². The molecule has 7 heteroatoms. The number of nitrogens with zero attached hydrogens (tertiary/aromatic N) is 4. The number of anilines is 1. The molecule has 1 aliphatic heterocycles. The van der Waals surface area contributed by atoms with Gasteiger partial charge in [-0.15, -0.1) is 0 Å². The molecule has 0 unspecified atom stereocenters. The largest absolute Gasteiger partial charge is 0.265 e. The molecule has 1 heterocycles. The number of rotatable bonds is 8. The lowest BCUT2D eigenvalue weighted by atomic mass is 9.51. The van der Waals surface area contributed by atoms with Gasteiger partial charge >= 0.3 is 0 Å². The van der Waals surface area contributed by atoms with Gasteiger partial charge in [-0.2, -0.15) is 0 Å². The molecule has 2 aromatic rings. The zero-order valence-electron chi connectivity index (χ0n) is 19.8. The SMILES string of the molecule is CC(C)N1c2cccc3cc(CCC45CCC(CCCN=[N+]=[N-])(CC4)CC5)cc(c23)S1(=O)=O. The molecule has 3 fully saturated rings. The first-order valence-corrected chi connectivity index (χ1v) is 13.8. The molecule has 176 valence electrons. The minimum atomic E-state index is -3.49. The second kappa shape index (κ2) is 8.21. The van der Waals surface area contributed by atoms with Crippen molar-refractivity contribution in [3.05, 3.63) is 46.3 Å². The van der Waals surface area contributed by atoms with Gasteiger partial charge in [0.2, 0.25) is 0 Å². The Balaban J connectivity index is 1.32. The highest BCUT2D eigenvalue weighted by molar-refractivity contribution is 7.93. The molecule has 0 saturated heterocycles. The van der Waals surface area contributed by atoms with Crippen molar-refractivity contribution in [2.75, 3.05) is 10.8 Å². The van der Waals surface area contributed by atoms with E-state index in [0.29, 0.717) is 22.3 Å². The van der Waals surface area contributed by atoms with Crippen molar-refractivity contribution in [1.29, 1.82) is 0 Å². The van der Waals surface area contributed by atoms with Gasteiger partial charge in [-0.25, -0.2) is 8.42 Å². The van der Waals surface area contributed by atoms with Crippen LogP contribution in [0, 0.1) is 10.8 Å². The molecule has 0 atom stereocenters. The number of hydrogen-bond donors (Lipinski definition) is 0. The van der Waals surface area contributed by atoms with Crippen LogP contribution in [0.15, 0.2) is 40.3 Å². The zero-order valence-corrected chi connectivity index (χ0v) is 20.6. The van der Waals surface area contributed by atoms with E-state index < -0.39 is 10.0 Å².